The first-order valence-corrected chi connectivity index (χ1v) is 7.79. The molecule has 2 aromatic rings. The first-order chi connectivity index (χ1) is 11.8. The molecular weight excluding hydrogens is 324 g/mol. The maximum Gasteiger partial charge on any atom is 0.272 e. The Balaban J connectivity index is 1.88. The zero-order valence-corrected chi connectivity index (χ0v) is 14.3. The molecule has 0 aromatic heterocycles. The summed E-state index contributed by atoms with van der Waals surface area (Å²) in [6, 6.07) is 11.4. The number of nitrogens with one attached hydrogen (secondary N) is 1. The van der Waals surface area contributed by atoms with E-state index in [1.54, 1.807) is 31.2 Å². The second-order valence-electron chi connectivity index (χ2n) is 5.73. The Hall–Kier alpha value is -3.09. The van der Waals surface area contributed by atoms with Crippen LogP contribution in [0.5, 0.6) is 11.5 Å². The van der Waals surface area contributed by atoms with Gasteiger partial charge in [0.15, 0.2) is 6.61 Å². The number of nitrogens with zero attached hydrogens (tertiary/aromatic N) is 1. The third-order valence-electron chi connectivity index (χ3n) is 3.24. The van der Waals surface area contributed by atoms with Gasteiger partial charge in [0.1, 0.15) is 11.5 Å². The van der Waals surface area contributed by atoms with Crippen LogP contribution in [0.25, 0.3) is 0 Å². The van der Waals surface area contributed by atoms with Gasteiger partial charge in [0, 0.05) is 17.3 Å². The predicted octanol–water partition coefficient (Wildman–Crippen LogP) is 3.71. The standard InChI is InChI=1S/C18H20N2O5/c1-12(2)25-15-6-4-14(5-7-15)19-18(21)11-24-16-8-9-17(20(22)23)13(3)10-16/h4-10,12H,11H2,1-3H3,(H,19,21). The van der Waals surface area contributed by atoms with Gasteiger partial charge in [-0.3, -0.25) is 14.9 Å². The van der Waals surface area contributed by atoms with E-state index in [0.29, 0.717) is 17.0 Å². The Morgan fingerprint density at radius 2 is 1.80 bits per heavy atom. The molecule has 25 heavy (non-hydrogen) atoms. The number of nitro groups is 1. The van der Waals surface area contributed by atoms with Crippen molar-refractivity contribution >= 4 is 17.3 Å². The number of hydrogen-bond donors (Lipinski definition) is 1. The highest BCUT2D eigenvalue weighted by atomic mass is 16.6. The predicted molar refractivity (Wildman–Crippen MR) is 94.2 cm³/mol. The van der Waals surface area contributed by atoms with Crippen LogP contribution >= 0.6 is 0 Å². The van der Waals surface area contributed by atoms with Crippen LogP contribution in [-0.4, -0.2) is 23.5 Å². The van der Waals surface area contributed by atoms with Crippen molar-refractivity contribution in [2.75, 3.05) is 11.9 Å². The molecule has 0 radical (unpaired) electrons. The van der Waals surface area contributed by atoms with Crippen molar-refractivity contribution in [2.24, 2.45) is 0 Å². The topological polar surface area (TPSA) is 90.7 Å². The minimum absolute atomic E-state index is 0.0144. The molecule has 1 amide bonds. The quantitative estimate of drug-likeness (QED) is 0.611. The average Bonchev–Trinajstić information content (AvgIpc) is 2.54. The van der Waals surface area contributed by atoms with Gasteiger partial charge in [-0.25, -0.2) is 0 Å². The molecule has 0 unspecified atom stereocenters. The second-order valence-corrected chi connectivity index (χ2v) is 5.73. The molecule has 7 heteroatoms. The number of aryl methyl sites for hydroxylation is 1. The minimum Gasteiger partial charge on any atom is -0.491 e. The summed E-state index contributed by atoms with van der Waals surface area (Å²) in [6.45, 7) is 5.30. The van der Waals surface area contributed by atoms with Gasteiger partial charge in [-0.2, -0.15) is 0 Å². The first kappa shape index (κ1) is 18.3. The van der Waals surface area contributed by atoms with Crippen molar-refractivity contribution in [3.8, 4) is 11.5 Å². The summed E-state index contributed by atoms with van der Waals surface area (Å²) in [4.78, 5) is 22.3. The lowest BCUT2D eigenvalue weighted by molar-refractivity contribution is -0.385. The molecule has 0 fully saturated rings. The lowest BCUT2D eigenvalue weighted by Crippen LogP contribution is -2.20. The van der Waals surface area contributed by atoms with Crippen LogP contribution in [0.15, 0.2) is 42.5 Å². The molecule has 0 aliphatic rings. The maximum absolute atomic E-state index is 11.9. The smallest absolute Gasteiger partial charge is 0.272 e. The molecule has 0 aliphatic carbocycles. The number of anilines is 1. The van der Waals surface area contributed by atoms with Crippen LogP contribution in [0.2, 0.25) is 0 Å². The van der Waals surface area contributed by atoms with E-state index in [9.17, 15) is 14.9 Å². The third-order valence-corrected chi connectivity index (χ3v) is 3.24. The lowest BCUT2D eigenvalue weighted by atomic mass is 10.2. The highest BCUT2D eigenvalue weighted by Gasteiger charge is 2.11. The largest absolute Gasteiger partial charge is 0.491 e. The fourth-order valence-corrected chi connectivity index (χ4v) is 2.16. The van der Waals surface area contributed by atoms with Crippen LogP contribution < -0.4 is 14.8 Å². The molecule has 0 saturated heterocycles. The Morgan fingerprint density at radius 1 is 1.16 bits per heavy atom. The van der Waals surface area contributed by atoms with Gasteiger partial charge in [-0.1, -0.05) is 0 Å². The minimum atomic E-state index is -0.460. The highest BCUT2D eigenvalue weighted by Crippen LogP contribution is 2.23. The van der Waals surface area contributed by atoms with Crippen molar-refractivity contribution in [2.45, 2.75) is 26.9 Å². The van der Waals surface area contributed by atoms with Crippen molar-refractivity contribution in [3.63, 3.8) is 0 Å². The number of benzene rings is 2. The Bertz CT molecular complexity index is 757. The van der Waals surface area contributed by atoms with E-state index >= 15 is 0 Å². The summed E-state index contributed by atoms with van der Waals surface area (Å²) in [7, 11) is 0. The number of rotatable bonds is 7. The van der Waals surface area contributed by atoms with Gasteiger partial charge in [-0.05, 0) is 57.2 Å². The van der Waals surface area contributed by atoms with Crippen LogP contribution in [0.4, 0.5) is 11.4 Å². The van der Waals surface area contributed by atoms with Crippen molar-refractivity contribution < 1.29 is 19.2 Å². The van der Waals surface area contributed by atoms with Crippen LogP contribution in [0, 0.1) is 17.0 Å². The molecule has 7 nitrogen and oxygen atoms in total. The number of ether oxygens (including phenoxy) is 2. The normalized spacial score (nSPS) is 10.4. The molecule has 0 heterocycles. The van der Waals surface area contributed by atoms with Crippen molar-refractivity contribution in [3.05, 3.63) is 58.1 Å². The monoisotopic (exact) mass is 344 g/mol. The van der Waals surface area contributed by atoms with Gasteiger partial charge >= 0.3 is 0 Å². The molecular formula is C18H20N2O5. The Labute approximate surface area is 145 Å². The number of carbonyl (C=O) groups excluding carboxylic acids is 1. The zero-order valence-electron chi connectivity index (χ0n) is 14.3. The van der Waals surface area contributed by atoms with Crippen LogP contribution in [0.3, 0.4) is 0 Å². The fourth-order valence-electron chi connectivity index (χ4n) is 2.16. The average molecular weight is 344 g/mol. The van der Waals surface area contributed by atoms with Gasteiger partial charge in [0.25, 0.3) is 11.6 Å². The molecule has 0 bridgehead atoms. The van der Waals surface area contributed by atoms with Gasteiger partial charge < -0.3 is 14.8 Å². The summed E-state index contributed by atoms with van der Waals surface area (Å²) in [5, 5.41) is 13.5. The summed E-state index contributed by atoms with van der Waals surface area (Å²) in [5.41, 5.74) is 1.12. The second kappa shape index (κ2) is 8.14. The van der Waals surface area contributed by atoms with Crippen LogP contribution in [-0.2, 0) is 4.79 Å². The molecule has 1 N–H and O–H groups in total. The number of amides is 1. The SMILES string of the molecule is Cc1cc(OCC(=O)Nc2ccc(OC(C)C)cc2)ccc1[N+](=O)[O-]. The summed E-state index contributed by atoms with van der Waals surface area (Å²) >= 11 is 0. The van der Waals surface area contributed by atoms with E-state index in [-0.39, 0.29) is 24.3 Å². The zero-order chi connectivity index (χ0) is 18.4. The number of carbonyl (C=O) groups is 1. The molecule has 132 valence electrons. The van der Waals surface area contributed by atoms with Crippen molar-refractivity contribution in [1.29, 1.82) is 0 Å². The van der Waals surface area contributed by atoms with E-state index in [0.717, 1.165) is 5.75 Å². The van der Waals surface area contributed by atoms with Gasteiger partial charge in [-0.15, -0.1) is 0 Å². The molecule has 0 saturated carbocycles. The molecule has 0 spiro atoms. The van der Waals surface area contributed by atoms with Gasteiger partial charge in [0.2, 0.25) is 0 Å². The summed E-state index contributed by atoms with van der Waals surface area (Å²) in [5.74, 6) is 0.804. The van der Waals surface area contributed by atoms with Crippen LogP contribution in [0.1, 0.15) is 19.4 Å². The number of nitro benzene ring substituents is 1. The molecule has 2 aromatic carbocycles. The van der Waals surface area contributed by atoms with Gasteiger partial charge in [0.05, 0.1) is 11.0 Å². The van der Waals surface area contributed by atoms with E-state index in [4.69, 9.17) is 9.47 Å². The molecule has 0 atom stereocenters. The fraction of sp³-hybridized carbons (Fsp3) is 0.278. The van der Waals surface area contributed by atoms with E-state index in [1.165, 1.54) is 18.2 Å². The first-order valence-electron chi connectivity index (χ1n) is 7.79. The highest BCUT2D eigenvalue weighted by molar-refractivity contribution is 5.91. The lowest BCUT2D eigenvalue weighted by Gasteiger charge is -2.11. The van der Waals surface area contributed by atoms with E-state index in [1.807, 2.05) is 13.8 Å². The summed E-state index contributed by atoms with van der Waals surface area (Å²) < 4.78 is 10.9. The Kier molecular flexibility index (Phi) is 5.94. The van der Waals surface area contributed by atoms with E-state index < -0.39 is 4.92 Å². The van der Waals surface area contributed by atoms with E-state index in [2.05, 4.69) is 5.32 Å². The summed E-state index contributed by atoms with van der Waals surface area (Å²) in [6.07, 6.45) is 0.0824. The molecule has 2 rings (SSSR count). The Morgan fingerprint density at radius 3 is 2.36 bits per heavy atom. The van der Waals surface area contributed by atoms with Crippen molar-refractivity contribution in [1.82, 2.24) is 0 Å². The molecule has 0 aliphatic heterocycles. The number of hydrogen-bond acceptors (Lipinski definition) is 5. The third kappa shape index (κ3) is 5.49. The maximum atomic E-state index is 11.9.